The van der Waals surface area contributed by atoms with Crippen LogP contribution in [0.2, 0.25) is 5.02 Å². The highest BCUT2D eigenvalue weighted by Crippen LogP contribution is 2.39. The largest absolute Gasteiger partial charge is 0.476 e. The molecule has 0 aliphatic heterocycles. The van der Waals surface area contributed by atoms with E-state index in [1.54, 1.807) is 10.7 Å². The molecule has 1 atom stereocenters. The lowest BCUT2D eigenvalue weighted by molar-refractivity contribution is 0.0691. The highest BCUT2D eigenvalue weighted by Gasteiger charge is 2.29. The molecule has 42 heavy (non-hydrogen) atoms. The predicted octanol–water partition coefficient (Wildman–Crippen LogP) is 6.93. The molecule has 1 aliphatic rings. The fraction of sp³-hybridized carbons (Fsp3) is 0.194. The molecule has 0 spiro atoms. The summed E-state index contributed by atoms with van der Waals surface area (Å²) in [5, 5.41) is 22.7. The average molecular weight is 622 g/mol. The van der Waals surface area contributed by atoms with E-state index in [4.69, 9.17) is 21.8 Å². The average Bonchev–Trinajstić information content (AvgIpc) is 3.52. The second kappa shape index (κ2) is 11.5. The van der Waals surface area contributed by atoms with Crippen LogP contribution in [-0.4, -0.2) is 25.8 Å². The summed E-state index contributed by atoms with van der Waals surface area (Å²) in [7, 11) is -2.30. The summed E-state index contributed by atoms with van der Waals surface area (Å²) >= 11 is 7.49. The first-order valence-corrected chi connectivity index (χ1v) is 15.9. The van der Waals surface area contributed by atoms with Crippen molar-refractivity contribution in [2.24, 2.45) is 11.1 Å². The maximum Gasteiger partial charge on any atom is 0.355 e. The highest BCUT2D eigenvalue weighted by atomic mass is 35.5. The molecule has 1 aliphatic carbocycles. The van der Waals surface area contributed by atoms with E-state index in [9.17, 15) is 18.5 Å². The molecule has 7 nitrogen and oxygen atoms in total. The topological polar surface area (TPSA) is 111 Å². The Balaban J connectivity index is 1.52. The second-order valence-electron chi connectivity index (χ2n) is 10.5. The Morgan fingerprint density at radius 1 is 1.14 bits per heavy atom. The van der Waals surface area contributed by atoms with Crippen molar-refractivity contribution in [3.63, 3.8) is 0 Å². The summed E-state index contributed by atoms with van der Waals surface area (Å²) in [6.45, 7) is 1.96. The summed E-state index contributed by atoms with van der Waals surface area (Å²) in [5.74, 6) is -1.23. The van der Waals surface area contributed by atoms with Gasteiger partial charge in [-0.1, -0.05) is 46.1 Å². The normalized spacial score (nSPS) is 13.8. The Bertz CT molecular complexity index is 1860. The number of halogens is 2. The molecule has 214 valence electrons. The van der Waals surface area contributed by atoms with Gasteiger partial charge in [0.25, 0.3) is 0 Å². The van der Waals surface area contributed by atoms with E-state index in [2.05, 4.69) is 11.1 Å². The number of aryl methyl sites for hydroxylation is 1. The van der Waals surface area contributed by atoms with Gasteiger partial charge in [0, 0.05) is 28.0 Å². The van der Waals surface area contributed by atoms with Crippen LogP contribution in [-0.2, 0) is 28.0 Å². The molecule has 1 fully saturated rings. The Kier molecular flexibility index (Phi) is 7.80. The lowest BCUT2D eigenvalue weighted by Crippen LogP contribution is -2.07. The lowest BCUT2D eigenvalue weighted by atomic mass is 9.95. The minimum Gasteiger partial charge on any atom is -0.476 e. The maximum absolute atomic E-state index is 14.8. The molecule has 0 saturated heterocycles. The summed E-state index contributed by atoms with van der Waals surface area (Å²) in [6.07, 6.45) is 3.28. The first kappa shape index (κ1) is 28.4. The molecule has 1 saturated carbocycles. The summed E-state index contributed by atoms with van der Waals surface area (Å²) in [6, 6.07) is 18.5. The molecular weight excluding hydrogens is 595 g/mol. The van der Waals surface area contributed by atoms with E-state index >= 15 is 0 Å². The summed E-state index contributed by atoms with van der Waals surface area (Å²) in [5.41, 5.74) is 7.00. The van der Waals surface area contributed by atoms with Gasteiger partial charge in [-0.05, 0) is 84.7 Å². The van der Waals surface area contributed by atoms with Crippen LogP contribution >= 0.6 is 22.9 Å². The van der Waals surface area contributed by atoms with Crippen molar-refractivity contribution in [2.45, 2.75) is 37.5 Å². The van der Waals surface area contributed by atoms with Gasteiger partial charge >= 0.3 is 5.97 Å². The zero-order valence-electron chi connectivity index (χ0n) is 22.6. The number of carbonyl (C=O) groups is 1. The smallest absolute Gasteiger partial charge is 0.355 e. The van der Waals surface area contributed by atoms with Crippen molar-refractivity contribution in [1.82, 2.24) is 14.8 Å². The lowest BCUT2D eigenvalue weighted by Gasteiger charge is -2.10. The Labute approximate surface area is 253 Å². The quantitative estimate of drug-likeness (QED) is 0.137. The molecule has 3 aromatic carbocycles. The number of thiol groups is 1. The van der Waals surface area contributed by atoms with E-state index < -0.39 is 22.8 Å². The van der Waals surface area contributed by atoms with Gasteiger partial charge in [-0.3, -0.25) is 0 Å². The summed E-state index contributed by atoms with van der Waals surface area (Å²) in [4.78, 5) is 16.0. The second-order valence-corrected chi connectivity index (χ2v) is 12.9. The minimum atomic E-state index is -2.30. The van der Waals surface area contributed by atoms with E-state index in [-0.39, 0.29) is 10.6 Å². The molecule has 0 bridgehead atoms. The van der Waals surface area contributed by atoms with Gasteiger partial charge < -0.3 is 5.11 Å². The number of carboxylic acids is 1. The van der Waals surface area contributed by atoms with Gasteiger partial charge in [-0.25, -0.2) is 18.9 Å². The fourth-order valence-corrected chi connectivity index (χ4v) is 6.43. The Morgan fingerprint density at radius 3 is 2.57 bits per heavy atom. The van der Waals surface area contributed by atoms with Crippen molar-refractivity contribution in [1.29, 1.82) is 0 Å². The highest BCUT2D eigenvalue weighted by molar-refractivity contribution is 7.82. The van der Waals surface area contributed by atoms with Gasteiger partial charge in [0.05, 0.1) is 11.4 Å². The number of nitrogens with two attached hydrogens (primary N) is 1. The number of carboxylic acid groups (broad SMARTS) is 1. The van der Waals surface area contributed by atoms with E-state index in [0.717, 1.165) is 52.8 Å². The van der Waals surface area contributed by atoms with Crippen molar-refractivity contribution in [2.75, 3.05) is 0 Å². The molecule has 5 aromatic rings. The maximum atomic E-state index is 14.8. The standard InChI is InChI=1S/C31H26ClFN4O3S2/c1-17-11-21(8-9-24(17)32)20-3-2-4-22(15-20)29-23(12-19-7-10-28(42(34)40)25(33)13-19)27(14-18-5-6-18)37(36-29)31-35-26(16-41-31)30(38)39/h2-4,7-11,13,15-16,18H,5-6,12,14H2,1H3,(H2,34,40)(H,38,39)/p+1. The van der Waals surface area contributed by atoms with E-state index in [1.807, 2.05) is 43.3 Å². The van der Waals surface area contributed by atoms with Crippen LogP contribution in [0.25, 0.3) is 27.5 Å². The number of rotatable bonds is 9. The number of hydrogen-bond donors (Lipinski definition) is 2. The van der Waals surface area contributed by atoms with Crippen LogP contribution in [0.3, 0.4) is 0 Å². The number of thiazole rings is 1. The fourth-order valence-electron chi connectivity index (χ4n) is 5.04. The van der Waals surface area contributed by atoms with Crippen LogP contribution < -0.4 is 5.14 Å². The third-order valence-electron chi connectivity index (χ3n) is 7.42. The third-order valence-corrected chi connectivity index (χ3v) is 9.50. The zero-order valence-corrected chi connectivity index (χ0v) is 25.0. The van der Waals surface area contributed by atoms with E-state index in [0.29, 0.717) is 33.8 Å². The van der Waals surface area contributed by atoms with Crippen LogP contribution in [0.1, 0.15) is 45.7 Å². The first-order valence-electron chi connectivity index (χ1n) is 13.3. The number of hydrogen-bond acceptors (Lipinski definition) is 5. The minimum absolute atomic E-state index is 0.0159. The Morgan fingerprint density at radius 2 is 1.90 bits per heavy atom. The number of aromatic carboxylic acids is 1. The van der Waals surface area contributed by atoms with Gasteiger partial charge in [0.15, 0.2) is 22.5 Å². The van der Waals surface area contributed by atoms with Crippen LogP contribution in [0.5, 0.6) is 0 Å². The first-order chi connectivity index (χ1) is 20.2. The van der Waals surface area contributed by atoms with Gasteiger partial charge in [0.2, 0.25) is 10.0 Å². The van der Waals surface area contributed by atoms with Crippen LogP contribution in [0.4, 0.5) is 4.39 Å². The molecule has 2 heterocycles. The third kappa shape index (κ3) is 5.80. The van der Waals surface area contributed by atoms with Crippen LogP contribution in [0, 0.1) is 18.7 Å². The molecular formula is C31H27ClFN4O3S2+. The SMILES string of the molecule is Cc1cc(-c2cccc(-c3nn(-c4nc(C(=O)O)cs4)c(CC4CC4)c3Cc3ccc([SH+](N)=O)c(F)c3)c2)ccc1Cl. The van der Waals surface area contributed by atoms with Gasteiger partial charge in [-0.15, -0.1) is 16.5 Å². The molecule has 1 unspecified atom stereocenters. The molecule has 0 amide bonds. The predicted molar refractivity (Wildman–Crippen MR) is 164 cm³/mol. The van der Waals surface area contributed by atoms with Crippen molar-refractivity contribution >= 4 is 39.9 Å². The van der Waals surface area contributed by atoms with E-state index in [1.165, 1.54) is 28.8 Å². The molecule has 0 radical (unpaired) electrons. The number of nitrogens with zero attached hydrogens (tertiary/aromatic N) is 3. The van der Waals surface area contributed by atoms with Gasteiger partial charge in [-0.2, -0.15) is 5.10 Å². The van der Waals surface area contributed by atoms with Crippen LogP contribution in [0.15, 0.2) is 70.9 Å². The van der Waals surface area contributed by atoms with Gasteiger partial charge in [0.1, 0.15) is 0 Å². The molecule has 11 heteroatoms. The summed E-state index contributed by atoms with van der Waals surface area (Å²) < 4.78 is 28.4. The van der Waals surface area contributed by atoms with Crippen molar-refractivity contribution < 1.29 is 18.5 Å². The molecule has 2 aromatic heterocycles. The molecule has 6 rings (SSSR count). The molecule has 3 N–H and O–H groups in total. The number of aromatic nitrogens is 3. The monoisotopic (exact) mass is 621 g/mol. The van der Waals surface area contributed by atoms with Crippen molar-refractivity contribution in [3.8, 4) is 27.5 Å². The van der Waals surface area contributed by atoms with Crippen molar-refractivity contribution in [3.05, 3.63) is 105 Å². The Hall–Kier alpha value is -3.70. The zero-order chi connectivity index (χ0) is 29.5. The number of benzene rings is 3.